The van der Waals surface area contributed by atoms with Crippen LogP contribution in [0.1, 0.15) is 11.4 Å². The third kappa shape index (κ3) is 6.08. The van der Waals surface area contributed by atoms with Gasteiger partial charge in [-0.3, -0.25) is 10.1 Å². The Balaban J connectivity index is 0.000000388. The number of H-pyrrole nitrogens is 1. The fourth-order valence-electron chi connectivity index (χ4n) is 1.13. The predicted octanol–water partition coefficient (Wildman–Crippen LogP) is -2.41. The van der Waals surface area contributed by atoms with Crippen LogP contribution in [0.15, 0.2) is 6.33 Å². The largest absolute Gasteiger partial charge is 0.480 e. The highest BCUT2D eigenvalue weighted by Crippen LogP contribution is 2.00. The van der Waals surface area contributed by atoms with Gasteiger partial charge >= 0.3 is 5.97 Å². The molecule has 0 aliphatic heterocycles. The van der Waals surface area contributed by atoms with E-state index in [0.29, 0.717) is 0 Å². The second-order valence-electron chi connectivity index (χ2n) is 4.13. The molecule has 7 N–H and O–H groups in total. The zero-order valence-corrected chi connectivity index (χ0v) is 11.2. The molecule has 0 aliphatic carbocycles. The van der Waals surface area contributed by atoms with Crippen molar-refractivity contribution in [1.82, 2.24) is 15.3 Å². The molecule has 20 heavy (non-hydrogen) atoms. The second-order valence-corrected chi connectivity index (χ2v) is 4.13. The zero-order valence-electron chi connectivity index (χ0n) is 11.2. The number of aromatic amines is 1. The molecule has 1 heterocycles. The van der Waals surface area contributed by atoms with Crippen LogP contribution in [0.4, 0.5) is 0 Å². The number of carboxylic acids is 1. The number of aliphatic hydroxyl groups excluding tert-OH is 4. The van der Waals surface area contributed by atoms with Gasteiger partial charge in [0.05, 0.1) is 50.5 Å². The Labute approximate surface area is 115 Å². The minimum Gasteiger partial charge on any atom is -0.480 e. The van der Waals surface area contributed by atoms with Gasteiger partial charge in [-0.1, -0.05) is 0 Å². The van der Waals surface area contributed by atoms with E-state index in [1.165, 1.54) is 0 Å². The fourth-order valence-corrected chi connectivity index (χ4v) is 1.13. The summed E-state index contributed by atoms with van der Waals surface area (Å²) in [5, 5.41) is 45.3. The SMILES string of the molecule is Cc1[nH]cnc1CO.O=C(O)CNC(CO)(CO)CO. The Morgan fingerprint density at radius 1 is 1.30 bits per heavy atom. The van der Waals surface area contributed by atoms with Crippen molar-refractivity contribution < 1.29 is 30.3 Å². The maximum absolute atomic E-state index is 10.1. The number of hydrogen-bond donors (Lipinski definition) is 7. The number of aliphatic carboxylic acids is 1. The molecule has 0 radical (unpaired) electrons. The van der Waals surface area contributed by atoms with Gasteiger partial charge < -0.3 is 30.5 Å². The summed E-state index contributed by atoms with van der Waals surface area (Å²) in [6.45, 7) is -0.0800. The molecule has 0 bridgehead atoms. The molecule has 0 saturated heterocycles. The van der Waals surface area contributed by atoms with Crippen molar-refractivity contribution in [2.75, 3.05) is 26.4 Å². The first kappa shape index (κ1) is 18.5. The average Bonchev–Trinajstić information content (AvgIpc) is 2.87. The molecule has 0 spiro atoms. The topological polar surface area (TPSA) is 159 Å². The van der Waals surface area contributed by atoms with Crippen LogP contribution in [0.3, 0.4) is 0 Å². The molecule has 0 aliphatic rings. The smallest absolute Gasteiger partial charge is 0.317 e. The van der Waals surface area contributed by atoms with E-state index in [0.717, 1.165) is 11.4 Å². The van der Waals surface area contributed by atoms with E-state index in [-0.39, 0.29) is 6.61 Å². The van der Waals surface area contributed by atoms with Crippen LogP contribution in [0.5, 0.6) is 0 Å². The van der Waals surface area contributed by atoms with Gasteiger partial charge in [0.15, 0.2) is 0 Å². The van der Waals surface area contributed by atoms with E-state index < -0.39 is 37.9 Å². The van der Waals surface area contributed by atoms with Crippen LogP contribution in [-0.4, -0.2) is 73.4 Å². The van der Waals surface area contributed by atoms with Crippen LogP contribution in [0.2, 0.25) is 0 Å². The van der Waals surface area contributed by atoms with Crippen LogP contribution in [-0.2, 0) is 11.4 Å². The number of imidazole rings is 1. The lowest BCUT2D eigenvalue weighted by Crippen LogP contribution is -2.56. The van der Waals surface area contributed by atoms with Crippen molar-refractivity contribution in [3.05, 3.63) is 17.7 Å². The van der Waals surface area contributed by atoms with Crippen LogP contribution in [0.25, 0.3) is 0 Å². The number of aryl methyl sites for hydroxylation is 1. The van der Waals surface area contributed by atoms with Gasteiger partial charge in [0.2, 0.25) is 0 Å². The van der Waals surface area contributed by atoms with E-state index >= 15 is 0 Å². The van der Waals surface area contributed by atoms with E-state index in [1.54, 1.807) is 6.33 Å². The highest BCUT2D eigenvalue weighted by molar-refractivity contribution is 5.69. The number of carbonyl (C=O) groups is 1. The number of hydrogen-bond acceptors (Lipinski definition) is 7. The molecule has 0 unspecified atom stereocenters. The van der Waals surface area contributed by atoms with Gasteiger partial charge in [-0.05, 0) is 6.92 Å². The molecule has 0 amide bonds. The molecule has 9 heteroatoms. The summed E-state index contributed by atoms with van der Waals surface area (Å²) < 4.78 is 0. The van der Waals surface area contributed by atoms with Crippen LogP contribution in [0, 0.1) is 6.92 Å². The summed E-state index contributed by atoms with van der Waals surface area (Å²) in [5.74, 6) is -1.12. The summed E-state index contributed by atoms with van der Waals surface area (Å²) in [6, 6.07) is 0. The second kappa shape index (κ2) is 9.39. The summed E-state index contributed by atoms with van der Waals surface area (Å²) in [7, 11) is 0. The number of aromatic nitrogens is 2. The Bertz CT molecular complexity index is 383. The first-order chi connectivity index (χ1) is 9.44. The van der Waals surface area contributed by atoms with E-state index in [4.69, 9.17) is 25.5 Å². The van der Waals surface area contributed by atoms with Gasteiger partial charge in [-0.15, -0.1) is 0 Å². The molecule has 9 nitrogen and oxygen atoms in total. The molecule has 1 rings (SSSR count). The molecule has 0 atom stereocenters. The third-order valence-electron chi connectivity index (χ3n) is 2.61. The zero-order chi connectivity index (χ0) is 15.6. The normalized spacial score (nSPS) is 10.8. The Morgan fingerprint density at radius 2 is 1.85 bits per heavy atom. The molecule has 116 valence electrons. The van der Waals surface area contributed by atoms with Gasteiger partial charge in [-0.25, -0.2) is 4.98 Å². The molecule has 1 aromatic heterocycles. The van der Waals surface area contributed by atoms with Gasteiger partial charge in [0, 0.05) is 5.69 Å². The summed E-state index contributed by atoms with van der Waals surface area (Å²) in [6.07, 6.45) is 1.57. The Kier molecular flexibility index (Phi) is 8.68. The maximum atomic E-state index is 10.1. The van der Waals surface area contributed by atoms with Crippen LogP contribution >= 0.6 is 0 Å². The molecule has 0 fully saturated rings. The van der Waals surface area contributed by atoms with E-state index in [1.807, 2.05) is 6.92 Å². The number of nitrogens with one attached hydrogen (secondary N) is 2. The maximum Gasteiger partial charge on any atom is 0.317 e. The lowest BCUT2D eigenvalue weighted by atomic mass is 10.0. The molecular formula is C11H21N3O6. The van der Waals surface area contributed by atoms with Crippen molar-refractivity contribution in [2.24, 2.45) is 0 Å². The summed E-state index contributed by atoms with van der Waals surface area (Å²) >= 11 is 0. The minimum absolute atomic E-state index is 0.0231. The Morgan fingerprint density at radius 3 is 2.10 bits per heavy atom. The average molecular weight is 291 g/mol. The number of nitrogens with zero attached hydrogens (tertiary/aromatic N) is 1. The lowest BCUT2D eigenvalue weighted by Gasteiger charge is -2.27. The first-order valence-corrected chi connectivity index (χ1v) is 5.83. The summed E-state index contributed by atoms with van der Waals surface area (Å²) in [4.78, 5) is 16.8. The molecule has 0 aromatic carbocycles. The standard InChI is InChI=1S/C6H13NO5.C5H8N2O/c8-2-6(3-9,4-10)7-1-5(11)12;1-4-5(2-8)7-3-6-4/h7-10H,1-4H2,(H,11,12);3,8H,2H2,1H3,(H,6,7). The van der Waals surface area contributed by atoms with Gasteiger partial charge in [-0.2, -0.15) is 0 Å². The van der Waals surface area contributed by atoms with Crippen molar-refractivity contribution in [1.29, 1.82) is 0 Å². The highest BCUT2D eigenvalue weighted by Gasteiger charge is 2.27. The third-order valence-corrected chi connectivity index (χ3v) is 2.61. The highest BCUT2D eigenvalue weighted by atomic mass is 16.4. The predicted molar refractivity (Wildman–Crippen MR) is 68.9 cm³/mol. The van der Waals surface area contributed by atoms with Crippen molar-refractivity contribution in [2.45, 2.75) is 19.1 Å². The molecular weight excluding hydrogens is 270 g/mol. The minimum atomic E-state index is -1.31. The number of aliphatic hydroxyl groups is 4. The quantitative estimate of drug-likeness (QED) is 0.292. The lowest BCUT2D eigenvalue weighted by molar-refractivity contribution is -0.136. The van der Waals surface area contributed by atoms with Gasteiger partial charge in [0.25, 0.3) is 0 Å². The van der Waals surface area contributed by atoms with Gasteiger partial charge in [0.1, 0.15) is 0 Å². The molecule has 0 saturated carbocycles. The molecule has 1 aromatic rings. The fraction of sp³-hybridized carbons (Fsp3) is 0.636. The monoisotopic (exact) mass is 291 g/mol. The number of rotatable bonds is 7. The van der Waals surface area contributed by atoms with Crippen molar-refractivity contribution in [3.63, 3.8) is 0 Å². The first-order valence-electron chi connectivity index (χ1n) is 5.83. The Hall–Kier alpha value is -1.52. The summed E-state index contributed by atoms with van der Waals surface area (Å²) in [5.41, 5.74) is 0.357. The van der Waals surface area contributed by atoms with E-state index in [9.17, 15) is 4.79 Å². The van der Waals surface area contributed by atoms with Crippen molar-refractivity contribution in [3.8, 4) is 0 Å². The number of carboxylic acid groups (broad SMARTS) is 1. The van der Waals surface area contributed by atoms with Crippen molar-refractivity contribution >= 4 is 5.97 Å². The van der Waals surface area contributed by atoms with E-state index in [2.05, 4.69) is 15.3 Å². The van der Waals surface area contributed by atoms with Crippen LogP contribution < -0.4 is 5.32 Å².